The van der Waals surface area contributed by atoms with Crippen molar-refractivity contribution < 1.29 is 17.6 Å². The number of thiazole rings is 1. The fraction of sp³-hybridized carbons (Fsp3) is 0.182. The molecule has 1 unspecified atom stereocenters. The van der Waals surface area contributed by atoms with Crippen molar-refractivity contribution in [3.05, 3.63) is 83.3 Å². The largest absolute Gasteiger partial charge is 0.468 e. The molecule has 0 spiro atoms. The van der Waals surface area contributed by atoms with Crippen molar-refractivity contribution in [3.63, 3.8) is 0 Å². The number of aromatic nitrogens is 1. The molecular weight excluding hydrogens is 434 g/mol. The minimum absolute atomic E-state index is 0.0540. The van der Waals surface area contributed by atoms with Crippen LogP contribution in [0.5, 0.6) is 0 Å². The number of para-hydroxylation sites is 1. The number of fused-ring (bicyclic) bond motifs is 1. The van der Waals surface area contributed by atoms with Gasteiger partial charge in [0.05, 0.1) is 34.0 Å². The van der Waals surface area contributed by atoms with Crippen LogP contribution in [0.25, 0.3) is 10.2 Å². The van der Waals surface area contributed by atoms with Crippen molar-refractivity contribution in [2.75, 3.05) is 7.05 Å². The van der Waals surface area contributed by atoms with Gasteiger partial charge in [-0.2, -0.15) is 0 Å². The first-order valence-electron chi connectivity index (χ1n) is 9.60. The zero-order chi connectivity index (χ0) is 22.0. The molecule has 4 aromatic rings. The van der Waals surface area contributed by atoms with Crippen molar-refractivity contribution >= 4 is 37.5 Å². The first-order chi connectivity index (χ1) is 14.8. The van der Waals surface area contributed by atoms with E-state index in [1.165, 1.54) is 30.5 Å². The van der Waals surface area contributed by atoms with Crippen LogP contribution in [0.15, 0.2) is 76.2 Å². The fourth-order valence-corrected chi connectivity index (χ4v) is 5.11. The van der Waals surface area contributed by atoms with Gasteiger partial charge in [0.25, 0.3) is 5.91 Å². The molecular formula is C22H21N3O4S2. The topological polar surface area (TPSA) is 92.5 Å². The summed E-state index contributed by atoms with van der Waals surface area (Å²) in [6.07, 6.45) is 1.48. The van der Waals surface area contributed by atoms with Gasteiger partial charge in [0.1, 0.15) is 10.8 Å². The van der Waals surface area contributed by atoms with E-state index < -0.39 is 10.0 Å². The van der Waals surface area contributed by atoms with Crippen LogP contribution < -0.4 is 4.72 Å². The van der Waals surface area contributed by atoms with E-state index in [0.29, 0.717) is 11.3 Å². The lowest BCUT2D eigenvalue weighted by Crippen LogP contribution is -2.29. The average Bonchev–Trinajstić information content (AvgIpc) is 3.46. The van der Waals surface area contributed by atoms with Crippen molar-refractivity contribution in [2.45, 2.75) is 24.4 Å². The number of carbonyl (C=O) groups excluding carboxylic acids is 1. The Morgan fingerprint density at radius 1 is 1.13 bits per heavy atom. The van der Waals surface area contributed by atoms with E-state index in [1.807, 2.05) is 31.2 Å². The molecule has 160 valence electrons. The molecule has 2 aromatic heterocycles. The van der Waals surface area contributed by atoms with Crippen LogP contribution in [0.3, 0.4) is 0 Å². The number of nitrogens with one attached hydrogen (secondary N) is 1. The summed E-state index contributed by atoms with van der Waals surface area (Å²) in [4.78, 5) is 19.3. The van der Waals surface area contributed by atoms with Crippen LogP contribution >= 0.6 is 11.3 Å². The number of carbonyl (C=O) groups is 1. The maximum Gasteiger partial charge on any atom is 0.254 e. The summed E-state index contributed by atoms with van der Waals surface area (Å²) in [6, 6.07) is 16.9. The Morgan fingerprint density at radius 2 is 1.87 bits per heavy atom. The van der Waals surface area contributed by atoms with E-state index in [0.717, 1.165) is 15.2 Å². The highest BCUT2D eigenvalue weighted by Crippen LogP contribution is 2.29. The number of benzene rings is 2. The van der Waals surface area contributed by atoms with Gasteiger partial charge >= 0.3 is 0 Å². The third-order valence-corrected chi connectivity index (χ3v) is 7.62. The number of sulfonamides is 1. The number of rotatable bonds is 7. The molecule has 2 aromatic carbocycles. The highest BCUT2D eigenvalue weighted by molar-refractivity contribution is 7.89. The molecule has 0 aliphatic heterocycles. The lowest BCUT2D eigenvalue weighted by molar-refractivity contribution is 0.0742. The summed E-state index contributed by atoms with van der Waals surface area (Å²) in [5.74, 6) is 0.306. The smallest absolute Gasteiger partial charge is 0.254 e. The van der Waals surface area contributed by atoms with Crippen LogP contribution in [0.2, 0.25) is 0 Å². The molecule has 0 bridgehead atoms. The van der Waals surface area contributed by atoms with Gasteiger partial charge in [-0.15, -0.1) is 11.3 Å². The summed E-state index contributed by atoms with van der Waals surface area (Å²) < 4.78 is 33.6. The quantitative estimate of drug-likeness (QED) is 0.451. The molecule has 0 aliphatic rings. The van der Waals surface area contributed by atoms with Crippen LogP contribution in [0.4, 0.5) is 0 Å². The highest BCUT2D eigenvalue weighted by Gasteiger charge is 2.22. The van der Waals surface area contributed by atoms with Crippen molar-refractivity contribution in [1.82, 2.24) is 14.6 Å². The molecule has 0 aliphatic carbocycles. The predicted octanol–water partition coefficient (Wildman–Crippen LogP) is 4.20. The maximum absolute atomic E-state index is 12.9. The van der Waals surface area contributed by atoms with Crippen LogP contribution in [-0.2, 0) is 16.6 Å². The molecule has 0 saturated carbocycles. The van der Waals surface area contributed by atoms with E-state index in [1.54, 1.807) is 35.4 Å². The first kappa shape index (κ1) is 21.2. The second kappa shape index (κ2) is 8.62. The van der Waals surface area contributed by atoms with Crippen LogP contribution in [-0.4, -0.2) is 31.3 Å². The Balaban J connectivity index is 1.46. The molecule has 7 nitrogen and oxygen atoms in total. The minimum Gasteiger partial charge on any atom is -0.468 e. The molecule has 0 saturated heterocycles. The van der Waals surface area contributed by atoms with Gasteiger partial charge in [0.15, 0.2) is 0 Å². The van der Waals surface area contributed by atoms with Gasteiger partial charge in [0, 0.05) is 12.6 Å². The van der Waals surface area contributed by atoms with Gasteiger partial charge in [-0.05, 0) is 55.5 Å². The number of hydrogen-bond acceptors (Lipinski definition) is 6. The highest BCUT2D eigenvalue weighted by atomic mass is 32.2. The van der Waals surface area contributed by atoms with Gasteiger partial charge in [0.2, 0.25) is 10.0 Å². The summed E-state index contributed by atoms with van der Waals surface area (Å²) >= 11 is 1.56. The van der Waals surface area contributed by atoms with Gasteiger partial charge in [-0.3, -0.25) is 4.79 Å². The van der Waals surface area contributed by atoms with E-state index in [2.05, 4.69) is 9.71 Å². The SMILES string of the molecule is CC(c1nc2ccccc2s1)N(C)C(=O)c1ccc(S(=O)(=O)NCc2ccco2)cc1. The number of furan rings is 1. The van der Waals surface area contributed by atoms with Crippen molar-refractivity contribution in [1.29, 1.82) is 0 Å². The molecule has 9 heteroatoms. The van der Waals surface area contributed by atoms with E-state index >= 15 is 0 Å². The van der Waals surface area contributed by atoms with Gasteiger partial charge in [-0.25, -0.2) is 18.1 Å². The Labute approximate surface area is 184 Å². The standard InChI is InChI=1S/C22H21N3O4S2/c1-15(21-24-19-7-3-4-8-20(19)30-21)25(2)22(26)16-9-11-18(12-10-16)31(27,28)23-14-17-6-5-13-29-17/h3-13,15,23H,14H2,1-2H3. The molecule has 2 heterocycles. The van der Waals surface area contributed by atoms with Gasteiger partial charge < -0.3 is 9.32 Å². The monoisotopic (exact) mass is 455 g/mol. The zero-order valence-corrected chi connectivity index (χ0v) is 18.6. The maximum atomic E-state index is 12.9. The average molecular weight is 456 g/mol. The molecule has 31 heavy (non-hydrogen) atoms. The van der Waals surface area contributed by atoms with Crippen LogP contribution in [0.1, 0.15) is 34.1 Å². The van der Waals surface area contributed by atoms with E-state index in [9.17, 15) is 13.2 Å². The van der Waals surface area contributed by atoms with Crippen molar-refractivity contribution in [2.24, 2.45) is 0 Å². The Hall–Kier alpha value is -3.01. The molecule has 0 fully saturated rings. The van der Waals surface area contributed by atoms with Crippen LogP contribution in [0, 0.1) is 0 Å². The molecule has 1 N–H and O–H groups in total. The summed E-state index contributed by atoms with van der Waals surface area (Å²) in [5, 5.41) is 0.846. The third kappa shape index (κ3) is 4.53. The fourth-order valence-electron chi connectivity index (χ4n) is 3.05. The summed E-state index contributed by atoms with van der Waals surface area (Å²) in [6.45, 7) is 1.98. The minimum atomic E-state index is -3.72. The second-order valence-corrected chi connectivity index (χ2v) is 9.87. The van der Waals surface area contributed by atoms with E-state index in [4.69, 9.17) is 4.42 Å². The lowest BCUT2D eigenvalue weighted by atomic mass is 10.2. The first-order valence-corrected chi connectivity index (χ1v) is 11.9. The molecule has 1 atom stereocenters. The van der Waals surface area contributed by atoms with E-state index in [-0.39, 0.29) is 23.4 Å². The van der Waals surface area contributed by atoms with Gasteiger partial charge in [-0.1, -0.05) is 12.1 Å². The van der Waals surface area contributed by atoms with Crippen molar-refractivity contribution in [3.8, 4) is 0 Å². The Kier molecular flexibility index (Phi) is 5.90. The summed E-state index contributed by atoms with van der Waals surface area (Å²) in [5.41, 5.74) is 1.31. The number of nitrogens with zero attached hydrogens (tertiary/aromatic N) is 2. The predicted molar refractivity (Wildman–Crippen MR) is 119 cm³/mol. The molecule has 4 rings (SSSR count). The number of hydrogen-bond donors (Lipinski definition) is 1. The lowest BCUT2D eigenvalue weighted by Gasteiger charge is -2.23. The second-order valence-electron chi connectivity index (χ2n) is 7.04. The Morgan fingerprint density at radius 3 is 2.55 bits per heavy atom. The Bertz CT molecular complexity index is 1260. The summed E-state index contributed by atoms with van der Waals surface area (Å²) in [7, 11) is -2.00. The third-order valence-electron chi connectivity index (χ3n) is 5.00. The normalized spacial score (nSPS) is 12.7. The molecule has 0 radical (unpaired) electrons. The zero-order valence-electron chi connectivity index (χ0n) is 17.0. The molecule has 1 amide bonds. The number of amides is 1.